The van der Waals surface area contributed by atoms with Crippen molar-refractivity contribution < 1.29 is 9.59 Å². The van der Waals surface area contributed by atoms with Gasteiger partial charge in [-0.25, -0.2) is 0 Å². The van der Waals surface area contributed by atoms with E-state index in [-0.39, 0.29) is 5.78 Å². The predicted octanol–water partition coefficient (Wildman–Crippen LogP) is 3.06. The van der Waals surface area contributed by atoms with Crippen molar-refractivity contribution in [2.24, 2.45) is 5.92 Å². The molecule has 0 aromatic carbocycles. The number of carbonyl (C=O) groups is 2. The van der Waals surface area contributed by atoms with Gasteiger partial charge in [-0.3, -0.25) is 9.59 Å². The molecule has 1 atom stereocenters. The lowest BCUT2D eigenvalue weighted by molar-refractivity contribution is -0.117. The molecule has 0 heterocycles. The van der Waals surface area contributed by atoms with Gasteiger partial charge in [0.05, 0.1) is 0 Å². The van der Waals surface area contributed by atoms with Crippen LogP contribution in [0.5, 0.6) is 0 Å². The van der Waals surface area contributed by atoms with Crippen LogP contribution in [0.25, 0.3) is 0 Å². The Hall–Kier alpha value is -0.920. The monoisotopic (exact) mass is 208 g/mol. The highest BCUT2D eigenvalue weighted by molar-refractivity contribution is 5.89. The van der Waals surface area contributed by atoms with Crippen molar-refractivity contribution in [1.29, 1.82) is 0 Å². The maximum atomic E-state index is 11.4. The number of hydrogen-bond acceptors (Lipinski definition) is 2. The van der Waals surface area contributed by atoms with Crippen LogP contribution in [0.3, 0.4) is 0 Å². The van der Waals surface area contributed by atoms with E-state index in [0.717, 1.165) is 25.7 Å². The van der Waals surface area contributed by atoms with Crippen molar-refractivity contribution >= 4 is 11.6 Å². The molecule has 0 bridgehead atoms. The van der Waals surface area contributed by atoms with Crippen LogP contribution in [0.2, 0.25) is 0 Å². The van der Waals surface area contributed by atoms with Gasteiger partial charge < -0.3 is 0 Å². The Labute approximate surface area is 91.7 Å². The molecule has 2 heteroatoms. The van der Waals surface area contributed by atoms with Crippen LogP contribution in [-0.2, 0) is 9.59 Å². The largest absolute Gasteiger partial charge is 0.300 e. The van der Waals surface area contributed by atoms with Gasteiger partial charge in [0.2, 0.25) is 0 Å². The van der Waals surface area contributed by atoms with E-state index in [1.165, 1.54) is 0 Å². The van der Waals surface area contributed by atoms with Gasteiger partial charge >= 0.3 is 0 Å². The molecule has 1 rings (SSSR count). The summed E-state index contributed by atoms with van der Waals surface area (Å²) in [7, 11) is 0. The Morgan fingerprint density at radius 2 is 2.27 bits per heavy atom. The molecule has 1 saturated carbocycles. The van der Waals surface area contributed by atoms with Crippen LogP contribution < -0.4 is 0 Å². The third-order valence-electron chi connectivity index (χ3n) is 2.86. The van der Waals surface area contributed by atoms with Crippen molar-refractivity contribution in [1.82, 2.24) is 0 Å². The van der Waals surface area contributed by atoms with Crippen LogP contribution >= 0.6 is 0 Å². The fourth-order valence-corrected chi connectivity index (χ4v) is 1.88. The number of carbonyl (C=O) groups excluding carboxylic acids is 2. The van der Waals surface area contributed by atoms with Crippen LogP contribution in [-0.4, -0.2) is 11.6 Å². The zero-order chi connectivity index (χ0) is 11.1. The third-order valence-corrected chi connectivity index (χ3v) is 2.86. The first kappa shape index (κ1) is 12.2. The van der Waals surface area contributed by atoms with Gasteiger partial charge in [0.15, 0.2) is 5.78 Å². The van der Waals surface area contributed by atoms with Crippen LogP contribution in [0.1, 0.15) is 51.9 Å². The van der Waals surface area contributed by atoms with Crippen molar-refractivity contribution in [3.63, 3.8) is 0 Å². The van der Waals surface area contributed by atoms with E-state index in [1.54, 1.807) is 6.08 Å². The summed E-state index contributed by atoms with van der Waals surface area (Å²) >= 11 is 0. The molecule has 0 aromatic heterocycles. The van der Waals surface area contributed by atoms with E-state index < -0.39 is 0 Å². The molecule has 2 nitrogen and oxygen atoms in total. The fourth-order valence-electron chi connectivity index (χ4n) is 1.88. The van der Waals surface area contributed by atoms with Crippen LogP contribution in [0.4, 0.5) is 0 Å². The molecule has 0 radical (unpaired) electrons. The zero-order valence-corrected chi connectivity index (χ0v) is 9.50. The molecular weight excluding hydrogens is 188 g/mol. The Bertz CT molecular complexity index is 253. The number of allylic oxidation sites excluding steroid dienone is 2. The molecule has 0 spiro atoms. The zero-order valence-electron chi connectivity index (χ0n) is 9.50. The minimum Gasteiger partial charge on any atom is -0.300 e. The molecule has 0 saturated heterocycles. The van der Waals surface area contributed by atoms with Gasteiger partial charge in [-0.1, -0.05) is 25.8 Å². The van der Waals surface area contributed by atoms with Crippen LogP contribution in [0.15, 0.2) is 12.2 Å². The molecule has 1 fully saturated rings. The summed E-state index contributed by atoms with van der Waals surface area (Å²) in [5.74, 6) is 0.874. The topological polar surface area (TPSA) is 34.1 Å². The number of rotatable bonds is 6. The van der Waals surface area contributed by atoms with Gasteiger partial charge in [0.25, 0.3) is 0 Å². The second kappa shape index (κ2) is 6.54. The molecule has 0 N–H and O–H groups in total. The summed E-state index contributed by atoms with van der Waals surface area (Å²) in [4.78, 5) is 22.4. The first-order valence-electron chi connectivity index (χ1n) is 5.95. The van der Waals surface area contributed by atoms with E-state index in [1.807, 2.05) is 6.08 Å². The SMILES string of the molecule is CCCCCC(=O)/C=C/C1CCC(=O)C1. The maximum absolute atomic E-state index is 11.4. The maximum Gasteiger partial charge on any atom is 0.155 e. The molecule has 84 valence electrons. The highest BCUT2D eigenvalue weighted by Gasteiger charge is 2.19. The summed E-state index contributed by atoms with van der Waals surface area (Å²) < 4.78 is 0. The van der Waals surface area contributed by atoms with Gasteiger partial charge in [-0.15, -0.1) is 0 Å². The van der Waals surface area contributed by atoms with Crippen molar-refractivity contribution in [2.45, 2.75) is 51.9 Å². The Kier molecular flexibility index (Phi) is 5.30. The standard InChI is InChI=1S/C13H20O2/c1-2-3-4-5-12(14)8-6-11-7-9-13(15)10-11/h6,8,11H,2-5,7,9-10H2,1H3/b8-6+. The highest BCUT2D eigenvalue weighted by Crippen LogP contribution is 2.22. The number of hydrogen-bond donors (Lipinski definition) is 0. The van der Waals surface area contributed by atoms with E-state index in [0.29, 0.717) is 31.0 Å². The number of unbranched alkanes of at least 4 members (excludes halogenated alkanes) is 2. The third kappa shape index (κ3) is 4.91. The van der Waals surface area contributed by atoms with Gasteiger partial charge in [-0.2, -0.15) is 0 Å². The van der Waals surface area contributed by atoms with Crippen molar-refractivity contribution in [2.75, 3.05) is 0 Å². The van der Waals surface area contributed by atoms with E-state index in [4.69, 9.17) is 0 Å². The van der Waals surface area contributed by atoms with E-state index in [9.17, 15) is 9.59 Å². The molecule has 0 aromatic rings. The lowest BCUT2D eigenvalue weighted by Crippen LogP contribution is -1.95. The minimum absolute atomic E-state index is 0.211. The quantitative estimate of drug-likeness (QED) is 0.496. The first-order chi connectivity index (χ1) is 7.22. The Balaban J connectivity index is 2.19. The second-order valence-corrected chi connectivity index (χ2v) is 4.32. The Morgan fingerprint density at radius 3 is 2.87 bits per heavy atom. The summed E-state index contributed by atoms with van der Waals surface area (Å²) in [5, 5.41) is 0. The predicted molar refractivity (Wildman–Crippen MR) is 60.6 cm³/mol. The fraction of sp³-hybridized carbons (Fsp3) is 0.692. The van der Waals surface area contributed by atoms with Crippen molar-refractivity contribution in [3.8, 4) is 0 Å². The average Bonchev–Trinajstić information content (AvgIpc) is 2.62. The van der Waals surface area contributed by atoms with Gasteiger partial charge in [0, 0.05) is 19.3 Å². The molecule has 1 aliphatic carbocycles. The van der Waals surface area contributed by atoms with E-state index >= 15 is 0 Å². The lowest BCUT2D eigenvalue weighted by atomic mass is 10.1. The normalized spacial score (nSPS) is 21.4. The molecule has 1 unspecified atom stereocenters. The van der Waals surface area contributed by atoms with Gasteiger partial charge in [0.1, 0.15) is 5.78 Å². The number of Topliss-reactive ketones (excluding diaryl/α,β-unsaturated/α-hetero) is 1. The van der Waals surface area contributed by atoms with Gasteiger partial charge in [-0.05, 0) is 24.8 Å². The number of ketones is 2. The summed E-state index contributed by atoms with van der Waals surface area (Å²) in [6.07, 6.45) is 9.79. The summed E-state index contributed by atoms with van der Waals surface area (Å²) in [6.45, 7) is 2.13. The summed E-state index contributed by atoms with van der Waals surface area (Å²) in [6, 6.07) is 0. The first-order valence-corrected chi connectivity index (χ1v) is 5.95. The molecule has 0 aliphatic heterocycles. The van der Waals surface area contributed by atoms with E-state index in [2.05, 4.69) is 6.92 Å². The smallest absolute Gasteiger partial charge is 0.155 e. The minimum atomic E-state index is 0.211. The van der Waals surface area contributed by atoms with Crippen LogP contribution in [0, 0.1) is 5.92 Å². The molecular formula is C13H20O2. The highest BCUT2D eigenvalue weighted by atomic mass is 16.1. The molecule has 0 amide bonds. The second-order valence-electron chi connectivity index (χ2n) is 4.32. The Morgan fingerprint density at radius 1 is 1.47 bits per heavy atom. The average molecular weight is 208 g/mol. The molecule has 15 heavy (non-hydrogen) atoms. The lowest BCUT2D eigenvalue weighted by Gasteiger charge is -1.98. The molecule has 1 aliphatic rings. The van der Waals surface area contributed by atoms with Crippen molar-refractivity contribution in [3.05, 3.63) is 12.2 Å². The summed E-state index contributed by atoms with van der Waals surface area (Å²) in [5.41, 5.74) is 0.